The Morgan fingerprint density at radius 3 is 2.51 bits per heavy atom. The lowest BCUT2D eigenvalue weighted by atomic mass is 9.43. The highest BCUT2D eigenvalue weighted by molar-refractivity contribution is 5.89. The van der Waals surface area contributed by atoms with E-state index < -0.39 is 0 Å². The van der Waals surface area contributed by atoms with Gasteiger partial charge in [-0.15, -0.1) is 0 Å². The molecule has 0 aromatic heterocycles. The fourth-order valence-electron chi connectivity index (χ4n) is 9.78. The summed E-state index contributed by atoms with van der Waals surface area (Å²) in [5, 5.41) is 0. The molecule has 1 aromatic carbocycles. The molecule has 4 aliphatic carbocycles. The topological polar surface area (TPSA) is 78.9 Å². The maximum Gasteiger partial charge on any atom is 0.338 e. The van der Waals surface area contributed by atoms with Crippen molar-refractivity contribution < 1.29 is 28.6 Å². The van der Waals surface area contributed by atoms with Crippen molar-refractivity contribution in [3.05, 3.63) is 35.9 Å². The van der Waals surface area contributed by atoms with Crippen LogP contribution in [0, 0.1) is 40.4 Å². The lowest BCUT2D eigenvalue weighted by molar-refractivity contribution is -0.261. The summed E-state index contributed by atoms with van der Waals surface area (Å²) in [6.07, 6.45) is 7.78. The molecule has 7 unspecified atom stereocenters. The minimum Gasteiger partial charge on any atom is -0.458 e. The van der Waals surface area contributed by atoms with Crippen LogP contribution >= 0.6 is 0 Å². The zero-order valence-electron chi connectivity index (χ0n) is 23.7. The predicted molar refractivity (Wildman–Crippen MR) is 146 cm³/mol. The molecule has 1 aromatic rings. The molecule has 0 N–H and O–H groups in total. The van der Waals surface area contributed by atoms with Crippen LogP contribution in [0.5, 0.6) is 0 Å². The molecule has 1 aliphatic heterocycles. The number of ether oxygens (including phenoxy) is 3. The van der Waals surface area contributed by atoms with E-state index in [9.17, 15) is 14.4 Å². The van der Waals surface area contributed by atoms with Crippen molar-refractivity contribution in [1.82, 2.24) is 0 Å². The van der Waals surface area contributed by atoms with Gasteiger partial charge in [-0.3, -0.25) is 9.59 Å². The molecule has 6 rings (SSSR count). The van der Waals surface area contributed by atoms with Crippen LogP contribution in [-0.4, -0.2) is 42.6 Å². The Morgan fingerprint density at radius 1 is 1.00 bits per heavy atom. The minimum absolute atomic E-state index is 0.0357. The Kier molecular flexibility index (Phi) is 7.24. The van der Waals surface area contributed by atoms with Crippen molar-refractivity contribution in [1.29, 1.82) is 0 Å². The second-order valence-corrected chi connectivity index (χ2v) is 13.6. The molecule has 1 saturated heterocycles. The molecule has 0 radical (unpaired) electrons. The van der Waals surface area contributed by atoms with E-state index in [1.165, 1.54) is 0 Å². The summed E-state index contributed by atoms with van der Waals surface area (Å²) in [6.45, 7) is 7.06. The number of benzene rings is 1. The summed E-state index contributed by atoms with van der Waals surface area (Å²) in [5.41, 5.74) is 0.177. The Morgan fingerprint density at radius 2 is 1.79 bits per heavy atom. The van der Waals surface area contributed by atoms with Crippen LogP contribution in [0.15, 0.2) is 30.3 Å². The summed E-state index contributed by atoms with van der Waals surface area (Å²) in [5.74, 6) is 0.974. The zero-order valence-corrected chi connectivity index (χ0v) is 23.7. The second-order valence-electron chi connectivity index (χ2n) is 13.6. The third-order valence-corrected chi connectivity index (χ3v) is 11.6. The highest BCUT2D eigenvalue weighted by Gasteiger charge is 2.67. The molecule has 0 spiro atoms. The van der Waals surface area contributed by atoms with E-state index in [1.54, 1.807) is 19.1 Å². The Labute approximate surface area is 232 Å². The van der Waals surface area contributed by atoms with Gasteiger partial charge < -0.3 is 14.2 Å². The van der Waals surface area contributed by atoms with Gasteiger partial charge in [0, 0.05) is 31.3 Å². The highest BCUT2D eigenvalue weighted by Crippen LogP contribution is 2.68. The van der Waals surface area contributed by atoms with E-state index in [4.69, 9.17) is 14.2 Å². The Bertz CT molecular complexity index is 1090. The number of fused-ring (bicyclic) bond motifs is 5. The van der Waals surface area contributed by atoms with Crippen molar-refractivity contribution in [2.75, 3.05) is 6.61 Å². The van der Waals surface area contributed by atoms with Gasteiger partial charge >= 0.3 is 5.97 Å². The summed E-state index contributed by atoms with van der Waals surface area (Å²) >= 11 is 0. The van der Waals surface area contributed by atoms with Crippen LogP contribution < -0.4 is 0 Å². The molecule has 212 valence electrons. The molecule has 5 aliphatic rings. The van der Waals surface area contributed by atoms with Gasteiger partial charge in [-0.25, -0.2) is 4.79 Å². The van der Waals surface area contributed by atoms with Gasteiger partial charge in [0.2, 0.25) is 0 Å². The van der Waals surface area contributed by atoms with Crippen molar-refractivity contribution in [3.8, 4) is 0 Å². The van der Waals surface area contributed by atoms with Crippen LogP contribution in [0.2, 0.25) is 0 Å². The molecule has 0 amide bonds. The van der Waals surface area contributed by atoms with Gasteiger partial charge in [0.05, 0.1) is 11.7 Å². The first kappa shape index (κ1) is 27.1. The summed E-state index contributed by atoms with van der Waals surface area (Å²) in [7, 11) is 0. The summed E-state index contributed by atoms with van der Waals surface area (Å²) in [6, 6.07) is 9.23. The monoisotopic (exact) mass is 536 g/mol. The Balaban J connectivity index is 1.42. The smallest absolute Gasteiger partial charge is 0.338 e. The van der Waals surface area contributed by atoms with Gasteiger partial charge in [-0.2, -0.15) is 0 Å². The molecule has 10 atom stereocenters. The number of hydrogen-bond acceptors (Lipinski definition) is 6. The van der Waals surface area contributed by atoms with Gasteiger partial charge in [0.1, 0.15) is 17.7 Å². The molecule has 5 fully saturated rings. The SMILES string of the molecule is CC(=O)C1CCC2C3C([C@H](OC(=O)c4ccccc4)CC12C)C1(C)CCC(=O)C[C@H]1C[C@H]3OC1CCCCO1. The van der Waals surface area contributed by atoms with Crippen LogP contribution in [0.3, 0.4) is 0 Å². The van der Waals surface area contributed by atoms with E-state index >= 15 is 0 Å². The first-order valence-corrected chi connectivity index (χ1v) is 15.3. The van der Waals surface area contributed by atoms with Gasteiger partial charge in [0.25, 0.3) is 0 Å². The Hall–Kier alpha value is -2.05. The van der Waals surface area contributed by atoms with Crippen LogP contribution in [-0.2, 0) is 23.8 Å². The average molecular weight is 537 g/mol. The number of esters is 1. The highest BCUT2D eigenvalue weighted by atomic mass is 16.7. The number of rotatable bonds is 5. The first-order valence-electron chi connectivity index (χ1n) is 15.3. The summed E-state index contributed by atoms with van der Waals surface area (Å²) in [4.78, 5) is 39.2. The van der Waals surface area contributed by atoms with Crippen molar-refractivity contribution >= 4 is 17.5 Å². The maximum atomic E-state index is 13.5. The van der Waals surface area contributed by atoms with E-state index in [0.29, 0.717) is 36.5 Å². The molecule has 1 heterocycles. The standard InChI is InChI=1S/C33H44O6/c1-20(34)24-12-13-25-29-26(38-28-11-7-8-16-37-28)18-22-17-23(35)14-15-32(22,2)30(29)27(19-33(24,25)3)39-31(36)21-9-5-4-6-10-21/h4-6,9-10,22,24-30H,7-8,11-19H2,1-3H3/t22-,24?,25?,26+,27+,28?,29?,30?,32?,33?/m0/s1. The molecule has 39 heavy (non-hydrogen) atoms. The zero-order chi connectivity index (χ0) is 27.4. The second kappa shape index (κ2) is 10.4. The van der Waals surface area contributed by atoms with Gasteiger partial charge in [-0.1, -0.05) is 32.0 Å². The lowest BCUT2D eigenvalue weighted by Gasteiger charge is -2.64. The number of hydrogen-bond donors (Lipinski definition) is 0. The maximum absolute atomic E-state index is 13.5. The van der Waals surface area contributed by atoms with E-state index in [1.807, 2.05) is 18.2 Å². The van der Waals surface area contributed by atoms with Crippen molar-refractivity contribution in [3.63, 3.8) is 0 Å². The summed E-state index contributed by atoms with van der Waals surface area (Å²) < 4.78 is 19.4. The van der Waals surface area contributed by atoms with E-state index in [-0.39, 0.29) is 64.8 Å². The third kappa shape index (κ3) is 4.69. The molecule has 4 saturated carbocycles. The van der Waals surface area contributed by atoms with Crippen LogP contribution in [0.1, 0.15) is 95.3 Å². The van der Waals surface area contributed by atoms with E-state index in [0.717, 1.165) is 51.6 Å². The molecule has 6 heteroatoms. The molecule has 6 nitrogen and oxygen atoms in total. The molecular weight excluding hydrogens is 492 g/mol. The van der Waals surface area contributed by atoms with Crippen molar-refractivity contribution in [2.24, 2.45) is 40.4 Å². The predicted octanol–water partition coefficient (Wildman–Crippen LogP) is 6.16. The van der Waals surface area contributed by atoms with Crippen molar-refractivity contribution in [2.45, 2.75) is 103 Å². The van der Waals surface area contributed by atoms with E-state index in [2.05, 4.69) is 13.8 Å². The third-order valence-electron chi connectivity index (χ3n) is 11.6. The fourth-order valence-corrected chi connectivity index (χ4v) is 9.78. The largest absolute Gasteiger partial charge is 0.458 e. The lowest BCUT2D eigenvalue weighted by Crippen LogP contribution is -2.64. The molecular formula is C33H44O6. The van der Waals surface area contributed by atoms with Crippen LogP contribution in [0.4, 0.5) is 0 Å². The number of carbonyl (C=O) groups is 3. The number of carbonyl (C=O) groups excluding carboxylic acids is 3. The number of Topliss-reactive ketones (excluding diaryl/α,β-unsaturated/α-hetero) is 2. The van der Waals surface area contributed by atoms with Gasteiger partial charge in [0.15, 0.2) is 6.29 Å². The molecule has 0 bridgehead atoms. The minimum atomic E-state index is -0.330. The normalized spacial score (nSPS) is 43.6. The quantitative estimate of drug-likeness (QED) is 0.331. The first-order chi connectivity index (χ1) is 18.7. The fraction of sp³-hybridized carbons (Fsp3) is 0.727. The van der Waals surface area contributed by atoms with Gasteiger partial charge in [-0.05, 0) is 99.0 Å². The van der Waals surface area contributed by atoms with Crippen LogP contribution in [0.25, 0.3) is 0 Å². The number of ketones is 2. The average Bonchev–Trinajstić information content (AvgIpc) is 3.27.